The van der Waals surface area contributed by atoms with Gasteiger partial charge >= 0.3 is 0 Å². The van der Waals surface area contributed by atoms with Crippen LogP contribution in [0.25, 0.3) is 0 Å². The van der Waals surface area contributed by atoms with Gasteiger partial charge in [-0.25, -0.2) is 0 Å². The van der Waals surface area contributed by atoms with Gasteiger partial charge in [-0.2, -0.15) is 0 Å². The maximum atomic E-state index is 11.1. The van der Waals surface area contributed by atoms with Gasteiger partial charge < -0.3 is 4.90 Å². The van der Waals surface area contributed by atoms with Gasteiger partial charge in [0.15, 0.2) is 0 Å². The second-order valence-corrected chi connectivity index (χ2v) is 5.49. The van der Waals surface area contributed by atoms with E-state index in [0.29, 0.717) is 16.6 Å². The van der Waals surface area contributed by atoms with Crippen LogP contribution in [-0.2, 0) is 4.79 Å². The summed E-state index contributed by atoms with van der Waals surface area (Å²) >= 11 is 12.1. The summed E-state index contributed by atoms with van der Waals surface area (Å²) in [7, 11) is 3.30. The third-order valence-corrected chi connectivity index (χ3v) is 3.91. The van der Waals surface area contributed by atoms with Crippen molar-refractivity contribution in [2.75, 3.05) is 20.6 Å². The van der Waals surface area contributed by atoms with Crippen molar-refractivity contribution in [2.45, 2.75) is 25.7 Å². The number of benzene rings is 1. The minimum absolute atomic E-state index is 0.0663. The lowest BCUT2D eigenvalue weighted by molar-refractivity contribution is -0.116. The van der Waals surface area contributed by atoms with Gasteiger partial charge in [-0.15, -0.1) is 0 Å². The number of rotatable bonds is 6. The fourth-order valence-corrected chi connectivity index (χ4v) is 2.46. The number of halogens is 2. The van der Waals surface area contributed by atoms with Crippen LogP contribution >= 0.6 is 23.2 Å². The molecule has 1 aromatic carbocycles. The molecule has 1 atom stereocenters. The van der Waals surface area contributed by atoms with Crippen molar-refractivity contribution in [2.24, 2.45) is 4.99 Å². The Kier molecular flexibility index (Phi) is 6.34. The van der Waals surface area contributed by atoms with Crippen molar-refractivity contribution < 1.29 is 6.17 Å². The lowest BCUT2D eigenvalue weighted by Gasteiger charge is -2.22. The van der Waals surface area contributed by atoms with Crippen molar-refractivity contribution in [3.8, 4) is 0 Å². The van der Waals surface area contributed by atoms with Crippen molar-refractivity contribution in [3.05, 3.63) is 33.8 Å². The third kappa shape index (κ3) is 4.50. The van der Waals surface area contributed by atoms with Gasteiger partial charge in [0.05, 0.1) is 16.6 Å². The van der Waals surface area contributed by atoms with E-state index >= 15 is 0 Å². The molecule has 0 aromatic heterocycles. The Balaban J connectivity index is 3.08. The van der Waals surface area contributed by atoms with Gasteiger partial charge in [-0.1, -0.05) is 42.6 Å². The fourth-order valence-electron chi connectivity index (χ4n) is 2.16. The standard InChI is InChI=1S/C15H20Cl2N2O/c1-4-5-12(15(18-2)9-19(3)10-20)11-6-7-13(16)14(17)8-11/h6-8,10,12H,4-5,9H2,1-3H3/i10T. The molecular formula is C15H20Cl2N2O. The average molecular weight is 317 g/mol. The molecule has 0 fully saturated rings. The summed E-state index contributed by atoms with van der Waals surface area (Å²) in [6.07, 6.45) is 1.15. The van der Waals surface area contributed by atoms with Gasteiger partial charge in [0.2, 0.25) is 6.39 Å². The quantitative estimate of drug-likeness (QED) is 0.576. The van der Waals surface area contributed by atoms with Crippen LogP contribution < -0.4 is 0 Å². The van der Waals surface area contributed by atoms with Crippen LogP contribution in [0.1, 0.15) is 32.6 Å². The first kappa shape index (κ1) is 15.3. The SMILES string of the molecule is [3H]C(=O)N(C)CC(=NC)C(CCC)c1ccc(Cl)c(Cl)c1. The highest BCUT2D eigenvalue weighted by molar-refractivity contribution is 6.42. The van der Waals surface area contributed by atoms with E-state index in [0.717, 1.165) is 24.1 Å². The number of aliphatic imine (C=N–C) groups is 1. The highest BCUT2D eigenvalue weighted by Crippen LogP contribution is 2.30. The summed E-state index contributed by atoms with van der Waals surface area (Å²) in [5.74, 6) is 0.0663. The van der Waals surface area contributed by atoms with Gasteiger partial charge in [0, 0.05) is 25.7 Å². The minimum atomic E-state index is -0.722. The molecule has 1 unspecified atom stereocenters. The molecule has 5 heteroatoms. The van der Waals surface area contributed by atoms with E-state index in [9.17, 15) is 4.79 Å². The first-order valence-electron chi connectivity index (χ1n) is 7.02. The van der Waals surface area contributed by atoms with Gasteiger partial charge in [0.25, 0.3) is 0 Å². The molecule has 110 valence electrons. The van der Waals surface area contributed by atoms with Crippen LogP contribution in [0.2, 0.25) is 10.0 Å². The van der Waals surface area contributed by atoms with Crippen LogP contribution in [-0.4, -0.2) is 37.6 Å². The number of carbonyl (C=O) groups excluding carboxylic acids is 1. The zero-order valence-corrected chi connectivity index (χ0v) is 13.5. The van der Waals surface area contributed by atoms with Crippen LogP contribution in [0, 0.1) is 0 Å². The Morgan fingerprint density at radius 2 is 2.20 bits per heavy atom. The predicted octanol–water partition coefficient (Wildman–Crippen LogP) is 4.04. The summed E-state index contributed by atoms with van der Waals surface area (Å²) in [6.45, 7) is 2.43. The van der Waals surface area contributed by atoms with E-state index in [-0.39, 0.29) is 5.92 Å². The zero-order chi connectivity index (χ0) is 16.0. The second kappa shape index (κ2) is 8.28. The minimum Gasteiger partial charge on any atom is -0.343 e. The Labute approximate surface area is 132 Å². The number of carbonyl (C=O) groups is 1. The largest absolute Gasteiger partial charge is 0.343 e. The average Bonchev–Trinajstić information content (AvgIpc) is 2.45. The van der Waals surface area contributed by atoms with Crippen molar-refractivity contribution >= 4 is 35.3 Å². The molecule has 1 aromatic rings. The lowest BCUT2D eigenvalue weighted by Crippen LogP contribution is -2.28. The molecule has 1 rings (SSSR count). The highest BCUT2D eigenvalue weighted by atomic mass is 35.5. The molecule has 20 heavy (non-hydrogen) atoms. The zero-order valence-electron chi connectivity index (χ0n) is 13.0. The van der Waals surface area contributed by atoms with Gasteiger partial charge in [0.1, 0.15) is 1.37 Å². The molecule has 0 heterocycles. The Bertz CT molecular complexity index is 534. The van der Waals surface area contributed by atoms with Gasteiger partial charge in [-0.05, 0) is 24.1 Å². The first-order chi connectivity index (χ1) is 9.90. The van der Waals surface area contributed by atoms with Crippen LogP contribution in [0.4, 0.5) is 0 Å². The number of hydrogen-bond donors (Lipinski definition) is 0. The van der Waals surface area contributed by atoms with Crippen LogP contribution in [0.5, 0.6) is 0 Å². The number of nitrogens with zero attached hydrogens (tertiary/aromatic N) is 2. The van der Waals surface area contributed by atoms with Crippen molar-refractivity contribution in [1.29, 1.82) is 0 Å². The predicted molar refractivity (Wildman–Crippen MR) is 86.2 cm³/mol. The lowest BCUT2D eigenvalue weighted by atomic mass is 9.89. The molecule has 0 saturated carbocycles. The van der Waals surface area contributed by atoms with Crippen molar-refractivity contribution in [1.82, 2.24) is 4.90 Å². The molecule has 3 nitrogen and oxygen atoms in total. The molecule has 1 amide bonds. The highest BCUT2D eigenvalue weighted by Gasteiger charge is 2.19. The Morgan fingerprint density at radius 3 is 2.70 bits per heavy atom. The maximum absolute atomic E-state index is 11.1. The molecule has 0 saturated heterocycles. The molecule has 0 N–H and O–H groups in total. The van der Waals surface area contributed by atoms with Crippen LogP contribution in [0.15, 0.2) is 23.2 Å². The fraction of sp³-hybridized carbons (Fsp3) is 0.467. The summed E-state index contributed by atoms with van der Waals surface area (Å²) in [6, 6.07) is 5.55. The molecule has 0 spiro atoms. The van der Waals surface area contributed by atoms with Crippen molar-refractivity contribution in [3.63, 3.8) is 0 Å². The molecular weight excluding hydrogens is 295 g/mol. The molecule has 0 aliphatic rings. The number of amides is 1. The van der Waals surface area contributed by atoms with Gasteiger partial charge in [-0.3, -0.25) is 9.79 Å². The van der Waals surface area contributed by atoms with Crippen LogP contribution in [0.3, 0.4) is 0 Å². The first-order valence-corrected chi connectivity index (χ1v) is 7.28. The molecule has 0 aliphatic heterocycles. The van der Waals surface area contributed by atoms with E-state index in [1.54, 1.807) is 20.2 Å². The topological polar surface area (TPSA) is 32.7 Å². The van der Waals surface area contributed by atoms with E-state index in [2.05, 4.69) is 11.9 Å². The Hall–Kier alpha value is -1.06. The normalized spacial score (nSPS) is 13.8. The smallest absolute Gasteiger partial charge is 0.209 e. The monoisotopic (exact) mass is 316 g/mol. The van der Waals surface area contributed by atoms with E-state index in [4.69, 9.17) is 24.6 Å². The second-order valence-electron chi connectivity index (χ2n) is 4.68. The third-order valence-electron chi connectivity index (χ3n) is 3.17. The summed E-state index contributed by atoms with van der Waals surface area (Å²) < 4.78 is 7.16. The Morgan fingerprint density at radius 1 is 1.50 bits per heavy atom. The van der Waals surface area contributed by atoms with E-state index < -0.39 is 6.39 Å². The maximum Gasteiger partial charge on any atom is 0.209 e. The summed E-state index contributed by atoms with van der Waals surface area (Å²) in [4.78, 5) is 16.8. The van der Waals surface area contributed by atoms with E-state index in [1.807, 2.05) is 12.1 Å². The van der Waals surface area contributed by atoms with E-state index in [1.165, 1.54) is 4.90 Å². The number of hydrogen-bond acceptors (Lipinski definition) is 2. The molecule has 0 bridgehead atoms. The summed E-state index contributed by atoms with van der Waals surface area (Å²) in [5, 5.41) is 1.03. The molecule has 0 radical (unpaired) electrons. The summed E-state index contributed by atoms with van der Waals surface area (Å²) in [5.41, 5.74) is 1.89. The molecule has 0 aliphatic carbocycles.